The molecule has 5 heteroatoms. The van der Waals surface area contributed by atoms with Gasteiger partial charge >= 0.3 is 0 Å². The molecule has 0 fully saturated rings. The molecule has 2 heterocycles. The van der Waals surface area contributed by atoms with Gasteiger partial charge < -0.3 is 14.0 Å². The predicted molar refractivity (Wildman–Crippen MR) is 131 cm³/mol. The Morgan fingerprint density at radius 2 is 1.73 bits per heavy atom. The third-order valence-electron chi connectivity index (χ3n) is 5.54. The van der Waals surface area contributed by atoms with E-state index in [9.17, 15) is 4.79 Å². The average molecular weight is 437 g/mol. The lowest BCUT2D eigenvalue weighted by molar-refractivity contribution is 0.0462. The lowest BCUT2D eigenvalue weighted by Crippen LogP contribution is -2.21. The van der Waals surface area contributed by atoms with E-state index in [0.29, 0.717) is 23.2 Å². The quantitative estimate of drug-likeness (QED) is 0.380. The van der Waals surface area contributed by atoms with Gasteiger partial charge in [-0.1, -0.05) is 83.5 Å². The Morgan fingerprint density at radius 3 is 2.55 bits per heavy atom. The van der Waals surface area contributed by atoms with Crippen molar-refractivity contribution in [2.75, 3.05) is 6.61 Å². The summed E-state index contributed by atoms with van der Waals surface area (Å²) in [6.07, 6.45) is 3.99. The summed E-state index contributed by atoms with van der Waals surface area (Å²) >= 11 is 0. The van der Waals surface area contributed by atoms with Crippen molar-refractivity contribution in [1.82, 2.24) is 0 Å². The molecule has 0 N–H and O–H groups in total. The zero-order valence-corrected chi connectivity index (χ0v) is 18.2. The fourth-order valence-corrected chi connectivity index (χ4v) is 3.74. The van der Waals surface area contributed by atoms with Crippen LogP contribution < -0.4 is 10.2 Å². The molecule has 5 nitrogen and oxygen atoms in total. The molecule has 0 radical (unpaired) electrons. The van der Waals surface area contributed by atoms with Gasteiger partial charge in [-0.3, -0.25) is 4.79 Å². The van der Waals surface area contributed by atoms with Crippen LogP contribution in [0, 0.1) is 6.92 Å². The third-order valence-corrected chi connectivity index (χ3v) is 5.54. The Bertz CT molecular complexity index is 1390. The Labute approximate surface area is 191 Å². The van der Waals surface area contributed by atoms with Gasteiger partial charge in [0.15, 0.2) is 11.9 Å². The van der Waals surface area contributed by atoms with Gasteiger partial charge in [0.05, 0.1) is 11.1 Å². The van der Waals surface area contributed by atoms with Crippen LogP contribution in [0.25, 0.3) is 23.1 Å². The maximum atomic E-state index is 13.2. The number of rotatable bonds is 6. The number of aryl methyl sites for hydroxylation is 1. The molecule has 0 aliphatic carbocycles. The number of benzene rings is 3. The molecular weight excluding hydrogens is 414 g/mol. The van der Waals surface area contributed by atoms with Crippen molar-refractivity contribution in [3.05, 3.63) is 112 Å². The Hall–Kier alpha value is -4.12. The summed E-state index contributed by atoms with van der Waals surface area (Å²) in [5.41, 5.74) is 4.40. The summed E-state index contributed by atoms with van der Waals surface area (Å²) in [6.45, 7) is 2.24. The summed E-state index contributed by atoms with van der Waals surface area (Å²) < 4.78 is 12.0. The average Bonchev–Trinajstić information content (AvgIpc) is 3.32. The van der Waals surface area contributed by atoms with Gasteiger partial charge in [0.1, 0.15) is 12.2 Å². The minimum Gasteiger partial charge on any atom is -0.482 e. The number of oxime groups is 1. The van der Waals surface area contributed by atoms with Gasteiger partial charge in [-0.15, -0.1) is 0 Å². The van der Waals surface area contributed by atoms with E-state index in [-0.39, 0.29) is 23.9 Å². The van der Waals surface area contributed by atoms with E-state index in [2.05, 4.69) is 5.16 Å². The van der Waals surface area contributed by atoms with E-state index in [1.54, 1.807) is 18.2 Å². The zero-order valence-electron chi connectivity index (χ0n) is 18.2. The van der Waals surface area contributed by atoms with E-state index in [1.165, 1.54) is 5.56 Å². The number of para-hydroxylation sites is 1. The van der Waals surface area contributed by atoms with E-state index in [4.69, 9.17) is 14.0 Å². The number of ether oxygens (including phenoxy) is 1. The van der Waals surface area contributed by atoms with Crippen LogP contribution in [-0.2, 0) is 4.84 Å². The first-order valence-electron chi connectivity index (χ1n) is 10.9. The molecule has 0 saturated heterocycles. The monoisotopic (exact) mass is 437 g/mol. The van der Waals surface area contributed by atoms with Gasteiger partial charge in [-0.25, -0.2) is 0 Å². The SMILES string of the molecule is Cc1ccc(C2=NOC(COc3c(/C=C/c4ccccc4)oc4ccccc4c3=O)C2)cc1. The highest BCUT2D eigenvalue weighted by molar-refractivity contribution is 6.01. The summed E-state index contributed by atoms with van der Waals surface area (Å²) in [6, 6.07) is 25.2. The van der Waals surface area contributed by atoms with Crippen LogP contribution in [-0.4, -0.2) is 18.4 Å². The van der Waals surface area contributed by atoms with Crippen molar-refractivity contribution in [2.24, 2.45) is 5.16 Å². The van der Waals surface area contributed by atoms with E-state index in [0.717, 1.165) is 16.8 Å². The summed E-state index contributed by atoms with van der Waals surface area (Å²) in [5, 5.41) is 4.70. The van der Waals surface area contributed by atoms with Crippen LogP contribution in [0.3, 0.4) is 0 Å². The molecular formula is C28H23NO4. The summed E-state index contributed by atoms with van der Waals surface area (Å²) in [5.74, 6) is 0.550. The van der Waals surface area contributed by atoms with E-state index >= 15 is 0 Å². The highest BCUT2D eigenvalue weighted by Gasteiger charge is 2.24. The molecule has 1 aromatic heterocycles. The number of hydrogen-bond donors (Lipinski definition) is 0. The summed E-state index contributed by atoms with van der Waals surface area (Å²) in [4.78, 5) is 18.8. The molecule has 0 spiro atoms. The number of nitrogens with zero attached hydrogens (tertiary/aromatic N) is 1. The predicted octanol–water partition coefficient (Wildman–Crippen LogP) is 5.84. The van der Waals surface area contributed by atoms with Crippen molar-refractivity contribution in [3.8, 4) is 5.75 Å². The normalized spacial score (nSPS) is 15.5. The van der Waals surface area contributed by atoms with Gasteiger partial charge in [-0.2, -0.15) is 0 Å². The minimum atomic E-state index is -0.280. The van der Waals surface area contributed by atoms with Crippen LogP contribution in [0.5, 0.6) is 5.75 Å². The third kappa shape index (κ3) is 4.58. The van der Waals surface area contributed by atoms with Crippen LogP contribution in [0.4, 0.5) is 0 Å². The van der Waals surface area contributed by atoms with Crippen molar-refractivity contribution in [1.29, 1.82) is 0 Å². The standard InChI is InChI=1S/C28H23NO4/c1-19-11-14-21(15-12-19)24-17-22(33-29-24)18-31-28-26(16-13-20-7-3-2-4-8-20)32-25-10-6-5-9-23(25)27(28)30/h2-16,22H,17-18H2,1H3/b16-13+. The van der Waals surface area contributed by atoms with Crippen molar-refractivity contribution >= 4 is 28.8 Å². The molecule has 1 aliphatic rings. The van der Waals surface area contributed by atoms with Crippen LogP contribution in [0.1, 0.15) is 28.9 Å². The first-order valence-corrected chi connectivity index (χ1v) is 10.9. The Morgan fingerprint density at radius 1 is 0.970 bits per heavy atom. The largest absolute Gasteiger partial charge is 0.482 e. The van der Waals surface area contributed by atoms with Crippen LogP contribution in [0.15, 0.2) is 93.2 Å². The topological polar surface area (TPSA) is 61.0 Å². The molecule has 5 rings (SSSR count). The maximum absolute atomic E-state index is 13.2. The molecule has 4 aromatic rings. The molecule has 33 heavy (non-hydrogen) atoms. The molecule has 0 bridgehead atoms. The Balaban J connectivity index is 1.38. The van der Waals surface area contributed by atoms with Crippen molar-refractivity contribution in [2.45, 2.75) is 19.4 Å². The van der Waals surface area contributed by atoms with Gasteiger partial charge in [0, 0.05) is 6.42 Å². The lowest BCUT2D eigenvalue weighted by atomic mass is 10.0. The number of fused-ring (bicyclic) bond motifs is 1. The highest BCUT2D eigenvalue weighted by Crippen LogP contribution is 2.25. The molecule has 3 aromatic carbocycles. The van der Waals surface area contributed by atoms with E-state index < -0.39 is 0 Å². The molecule has 1 atom stereocenters. The fraction of sp³-hybridized carbons (Fsp3) is 0.143. The zero-order chi connectivity index (χ0) is 22.6. The van der Waals surface area contributed by atoms with Gasteiger partial charge in [0.2, 0.25) is 11.2 Å². The highest BCUT2D eigenvalue weighted by atomic mass is 16.7. The van der Waals surface area contributed by atoms with Gasteiger partial charge in [-0.05, 0) is 36.3 Å². The molecule has 1 unspecified atom stereocenters. The maximum Gasteiger partial charge on any atom is 0.235 e. The van der Waals surface area contributed by atoms with Crippen LogP contribution >= 0.6 is 0 Å². The smallest absolute Gasteiger partial charge is 0.235 e. The second-order valence-electron chi connectivity index (χ2n) is 8.01. The second kappa shape index (κ2) is 9.17. The minimum absolute atomic E-state index is 0.174. The first-order chi connectivity index (χ1) is 16.2. The molecule has 0 amide bonds. The number of hydrogen-bond acceptors (Lipinski definition) is 5. The molecule has 0 saturated carbocycles. The summed E-state index contributed by atoms with van der Waals surface area (Å²) in [7, 11) is 0. The van der Waals surface area contributed by atoms with Gasteiger partial charge in [0.25, 0.3) is 0 Å². The second-order valence-corrected chi connectivity index (χ2v) is 8.01. The van der Waals surface area contributed by atoms with Crippen LogP contribution in [0.2, 0.25) is 0 Å². The molecule has 1 aliphatic heterocycles. The lowest BCUT2D eigenvalue weighted by Gasteiger charge is -2.12. The Kier molecular flexibility index (Phi) is 5.77. The first kappa shape index (κ1) is 20.8. The fourth-order valence-electron chi connectivity index (χ4n) is 3.74. The molecule has 164 valence electrons. The van der Waals surface area contributed by atoms with Crippen molar-refractivity contribution < 1.29 is 14.0 Å². The van der Waals surface area contributed by atoms with E-state index in [1.807, 2.05) is 79.7 Å². The van der Waals surface area contributed by atoms with Crippen molar-refractivity contribution in [3.63, 3.8) is 0 Å².